The number of carboxylic acid groups (broad SMARTS) is 1. The van der Waals surface area contributed by atoms with Crippen LogP contribution >= 0.6 is 0 Å². The lowest BCUT2D eigenvalue weighted by Gasteiger charge is -2.21. The summed E-state index contributed by atoms with van der Waals surface area (Å²) in [5, 5.41) is 13.2. The molecule has 1 aliphatic heterocycles. The number of carboxylic acids is 1. The molecule has 0 fully saturated rings. The van der Waals surface area contributed by atoms with Crippen molar-refractivity contribution >= 4 is 11.9 Å². The number of aryl methyl sites for hydroxylation is 3. The topological polar surface area (TPSA) is 97.5 Å². The molecule has 136 valence electrons. The second-order valence-electron chi connectivity index (χ2n) is 6.63. The fourth-order valence-corrected chi connectivity index (χ4v) is 3.67. The molecule has 26 heavy (non-hydrogen) atoms. The van der Waals surface area contributed by atoms with Gasteiger partial charge in [0, 0.05) is 18.8 Å². The Morgan fingerprint density at radius 2 is 2.04 bits per heavy atom. The Balaban J connectivity index is 1.65. The summed E-state index contributed by atoms with van der Waals surface area (Å²) in [6, 6.07) is 3.44. The summed E-state index contributed by atoms with van der Waals surface area (Å²) in [6.45, 7) is 1.48. The summed E-state index contributed by atoms with van der Waals surface area (Å²) in [5.74, 6) is -0.844. The molecule has 1 N–H and O–H groups in total. The van der Waals surface area contributed by atoms with Crippen LogP contribution in [-0.2, 0) is 25.9 Å². The van der Waals surface area contributed by atoms with Crippen molar-refractivity contribution in [2.45, 2.75) is 38.8 Å². The van der Waals surface area contributed by atoms with E-state index >= 15 is 0 Å². The number of hydrogen-bond donors (Lipinski definition) is 1. The fraction of sp³-hybridized carbons (Fsp3) is 0.444. The highest BCUT2D eigenvalue weighted by molar-refractivity contribution is 5.96. The van der Waals surface area contributed by atoms with E-state index < -0.39 is 5.97 Å². The van der Waals surface area contributed by atoms with Gasteiger partial charge >= 0.3 is 5.97 Å². The van der Waals surface area contributed by atoms with Crippen molar-refractivity contribution in [3.05, 3.63) is 40.3 Å². The molecule has 3 heterocycles. The number of ether oxygens (including phenoxy) is 1. The second kappa shape index (κ2) is 6.44. The lowest BCUT2D eigenvalue weighted by Crippen LogP contribution is -2.31. The van der Waals surface area contributed by atoms with Gasteiger partial charge in [-0.3, -0.25) is 9.48 Å². The predicted molar refractivity (Wildman–Crippen MR) is 91.4 cm³/mol. The van der Waals surface area contributed by atoms with Gasteiger partial charge < -0.3 is 14.7 Å². The molecule has 0 unspecified atom stereocenters. The summed E-state index contributed by atoms with van der Waals surface area (Å²) < 4.78 is 7.04. The molecule has 0 spiro atoms. The number of aromatic carboxylic acids is 1. The third-order valence-electron chi connectivity index (χ3n) is 4.96. The van der Waals surface area contributed by atoms with E-state index in [4.69, 9.17) is 9.84 Å². The number of rotatable bonds is 3. The maximum atomic E-state index is 13.1. The maximum absolute atomic E-state index is 13.1. The molecule has 0 atom stereocenters. The van der Waals surface area contributed by atoms with Crippen LogP contribution in [-0.4, -0.2) is 50.3 Å². The molecule has 0 radical (unpaired) electrons. The minimum Gasteiger partial charge on any atom is -0.480 e. The molecular formula is C18H20N4O4. The second-order valence-corrected chi connectivity index (χ2v) is 6.63. The predicted octanol–water partition coefficient (Wildman–Crippen LogP) is 1.52. The summed E-state index contributed by atoms with van der Waals surface area (Å²) in [4.78, 5) is 30.5. The van der Waals surface area contributed by atoms with Crippen LogP contribution in [0.15, 0.2) is 12.1 Å². The van der Waals surface area contributed by atoms with Gasteiger partial charge in [0.05, 0.1) is 19.3 Å². The van der Waals surface area contributed by atoms with Gasteiger partial charge in [-0.15, -0.1) is 0 Å². The van der Waals surface area contributed by atoms with E-state index in [0.29, 0.717) is 37.5 Å². The molecule has 0 saturated carbocycles. The van der Waals surface area contributed by atoms with Crippen LogP contribution in [0.2, 0.25) is 0 Å². The Hall–Kier alpha value is -2.90. The molecule has 2 aromatic rings. The van der Waals surface area contributed by atoms with Crippen molar-refractivity contribution in [2.75, 3.05) is 13.7 Å². The zero-order chi connectivity index (χ0) is 18.3. The van der Waals surface area contributed by atoms with E-state index in [1.807, 2.05) is 6.07 Å². The molecule has 2 aromatic heterocycles. The summed E-state index contributed by atoms with van der Waals surface area (Å²) >= 11 is 0. The summed E-state index contributed by atoms with van der Waals surface area (Å²) in [5.41, 5.74) is 3.33. The number of amides is 1. The quantitative estimate of drug-likeness (QED) is 0.895. The van der Waals surface area contributed by atoms with Gasteiger partial charge in [-0.05, 0) is 43.4 Å². The van der Waals surface area contributed by atoms with Crippen molar-refractivity contribution in [1.29, 1.82) is 0 Å². The van der Waals surface area contributed by atoms with E-state index in [2.05, 4.69) is 10.1 Å². The SMILES string of the molecule is COc1nc2c(cc1C(=O)N1CCCn3nc(C(=O)O)cc3C1)CCC2. The Labute approximate surface area is 150 Å². The van der Waals surface area contributed by atoms with Crippen molar-refractivity contribution < 1.29 is 19.4 Å². The van der Waals surface area contributed by atoms with Gasteiger partial charge in [0.2, 0.25) is 5.88 Å². The van der Waals surface area contributed by atoms with Gasteiger partial charge in [-0.2, -0.15) is 5.10 Å². The van der Waals surface area contributed by atoms with Crippen LogP contribution in [0.3, 0.4) is 0 Å². The molecule has 1 aliphatic carbocycles. The van der Waals surface area contributed by atoms with E-state index in [9.17, 15) is 9.59 Å². The number of fused-ring (bicyclic) bond motifs is 2. The third kappa shape index (κ3) is 2.81. The van der Waals surface area contributed by atoms with Crippen LogP contribution in [0.1, 0.15) is 50.6 Å². The van der Waals surface area contributed by atoms with Crippen molar-refractivity contribution in [1.82, 2.24) is 19.7 Å². The van der Waals surface area contributed by atoms with E-state index in [-0.39, 0.29) is 11.6 Å². The third-order valence-corrected chi connectivity index (χ3v) is 4.96. The van der Waals surface area contributed by atoms with Crippen molar-refractivity contribution in [3.8, 4) is 5.88 Å². The van der Waals surface area contributed by atoms with E-state index in [0.717, 1.165) is 36.2 Å². The number of aromatic nitrogens is 3. The first-order valence-electron chi connectivity index (χ1n) is 8.73. The van der Waals surface area contributed by atoms with Gasteiger partial charge in [-0.1, -0.05) is 0 Å². The minimum absolute atomic E-state index is 0.00563. The molecule has 0 saturated heterocycles. The zero-order valence-electron chi connectivity index (χ0n) is 14.6. The molecule has 0 aromatic carbocycles. The zero-order valence-corrected chi connectivity index (χ0v) is 14.6. The number of nitrogens with zero attached hydrogens (tertiary/aromatic N) is 4. The lowest BCUT2D eigenvalue weighted by molar-refractivity contribution is 0.0689. The van der Waals surface area contributed by atoms with Gasteiger partial charge in [0.1, 0.15) is 5.56 Å². The standard InChI is InChI=1S/C18H20N4O4/c1-26-16-13(8-11-4-2-5-14(11)19-16)17(23)21-6-3-7-22-12(10-21)9-15(20-22)18(24)25/h8-9H,2-7,10H2,1H3,(H,24,25). The maximum Gasteiger partial charge on any atom is 0.356 e. The first-order valence-corrected chi connectivity index (χ1v) is 8.73. The number of pyridine rings is 1. The smallest absolute Gasteiger partial charge is 0.356 e. The summed E-state index contributed by atoms with van der Waals surface area (Å²) in [7, 11) is 1.52. The monoisotopic (exact) mass is 356 g/mol. The van der Waals surface area contributed by atoms with Crippen LogP contribution in [0, 0.1) is 0 Å². The van der Waals surface area contributed by atoms with Crippen LogP contribution in [0.5, 0.6) is 5.88 Å². The van der Waals surface area contributed by atoms with Crippen LogP contribution in [0.25, 0.3) is 0 Å². The van der Waals surface area contributed by atoms with E-state index in [1.54, 1.807) is 9.58 Å². The largest absolute Gasteiger partial charge is 0.480 e. The molecule has 4 rings (SSSR count). The average molecular weight is 356 g/mol. The Bertz CT molecular complexity index is 890. The van der Waals surface area contributed by atoms with Crippen LogP contribution in [0.4, 0.5) is 0 Å². The number of carbonyl (C=O) groups excluding carboxylic acids is 1. The van der Waals surface area contributed by atoms with Crippen molar-refractivity contribution in [3.63, 3.8) is 0 Å². The first-order chi connectivity index (χ1) is 12.6. The van der Waals surface area contributed by atoms with Gasteiger partial charge in [0.25, 0.3) is 5.91 Å². The number of methoxy groups -OCH3 is 1. The molecule has 8 nitrogen and oxygen atoms in total. The average Bonchev–Trinajstić information content (AvgIpc) is 3.21. The first kappa shape index (κ1) is 16.6. The Morgan fingerprint density at radius 3 is 2.81 bits per heavy atom. The van der Waals surface area contributed by atoms with Crippen LogP contribution < -0.4 is 4.74 Å². The van der Waals surface area contributed by atoms with Gasteiger partial charge in [0.15, 0.2) is 5.69 Å². The molecule has 1 amide bonds. The molecule has 0 bridgehead atoms. The highest BCUT2D eigenvalue weighted by atomic mass is 16.5. The molecule has 8 heteroatoms. The van der Waals surface area contributed by atoms with E-state index in [1.165, 1.54) is 13.2 Å². The highest BCUT2D eigenvalue weighted by Gasteiger charge is 2.27. The Morgan fingerprint density at radius 1 is 1.19 bits per heavy atom. The Kier molecular flexibility index (Phi) is 4.10. The van der Waals surface area contributed by atoms with Crippen molar-refractivity contribution in [2.24, 2.45) is 0 Å². The normalized spacial score (nSPS) is 16.0. The summed E-state index contributed by atoms with van der Waals surface area (Å²) in [6.07, 6.45) is 3.60. The number of carbonyl (C=O) groups is 2. The minimum atomic E-state index is -1.06. The molecule has 2 aliphatic rings. The highest BCUT2D eigenvalue weighted by Crippen LogP contribution is 2.28. The molecular weight excluding hydrogens is 336 g/mol. The fourth-order valence-electron chi connectivity index (χ4n) is 3.67. The number of hydrogen-bond acceptors (Lipinski definition) is 5. The lowest BCUT2D eigenvalue weighted by atomic mass is 10.1. The van der Waals surface area contributed by atoms with Gasteiger partial charge in [-0.25, -0.2) is 9.78 Å².